The van der Waals surface area contributed by atoms with Gasteiger partial charge in [0.2, 0.25) is 5.12 Å². The van der Waals surface area contributed by atoms with E-state index in [2.05, 4.69) is 4.98 Å². The molecule has 8 nitrogen and oxygen atoms in total. The van der Waals surface area contributed by atoms with Crippen molar-refractivity contribution in [3.63, 3.8) is 0 Å². The molecular weight excluding hydrogens is 556 g/mol. The topological polar surface area (TPSA) is 121 Å². The summed E-state index contributed by atoms with van der Waals surface area (Å²) in [7, 11) is 0. The lowest BCUT2D eigenvalue weighted by Gasteiger charge is -2.20. The number of nitro groups is 1. The first-order valence-electron chi connectivity index (χ1n) is 12.7. The third kappa shape index (κ3) is 5.99. The summed E-state index contributed by atoms with van der Waals surface area (Å²) in [6.07, 6.45) is 0.383. The Bertz CT molecular complexity index is 1780. The van der Waals surface area contributed by atoms with Crippen LogP contribution in [0.3, 0.4) is 0 Å². The molecule has 1 aliphatic heterocycles. The van der Waals surface area contributed by atoms with E-state index in [4.69, 9.17) is 15.5 Å². The molecule has 5 aromatic rings. The van der Waals surface area contributed by atoms with Gasteiger partial charge in [0.05, 0.1) is 32.1 Å². The second kappa shape index (κ2) is 11.5. The summed E-state index contributed by atoms with van der Waals surface area (Å²) >= 11 is 2.47. The average molecular weight is 579 g/mol. The van der Waals surface area contributed by atoms with Gasteiger partial charge in [0.1, 0.15) is 11.5 Å². The van der Waals surface area contributed by atoms with Crippen LogP contribution in [0.1, 0.15) is 5.56 Å². The van der Waals surface area contributed by atoms with Crippen LogP contribution < -0.4 is 10.5 Å². The van der Waals surface area contributed by atoms with Gasteiger partial charge in [0, 0.05) is 23.3 Å². The molecule has 2 N–H and O–H groups in total. The number of carbonyl (C=O) groups excluding carboxylic acids is 1. The van der Waals surface area contributed by atoms with E-state index in [-0.39, 0.29) is 16.0 Å². The molecule has 0 aliphatic carbocycles. The summed E-state index contributed by atoms with van der Waals surface area (Å²) < 4.78 is 6.07. The zero-order valence-corrected chi connectivity index (χ0v) is 23.1. The van der Waals surface area contributed by atoms with Crippen molar-refractivity contribution in [2.24, 2.45) is 5.73 Å². The van der Waals surface area contributed by atoms with Crippen molar-refractivity contribution < 1.29 is 14.5 Å². The summed E-state index contributed by atoms with van der Waals surface area (Å²) in [5.74, 6) is 1.54. The standard InChI is InChI=1S/C31H22N4O4S2/c32-23(15-19-7-2-1-3-8-19)30(36)41-31-33-24(20-9-6-10-22(16-20)35(37)38)18-25(34-31)21-13-14-27-29(17-21)40-28-12-5-4-11-26(28)39-27/h1-14,16-18,23H,15,32H2. The number of nitrogens with two attached hydrogens (primary N) is 1. The zero-order valence-electron chi connectivity index (χ0n) is 21.5. The number of non-ortho nitro benzene ring substituents is 1. The maximum absolute atomic E-state index is 13.1. The van der Waals surface area contributed by atoms with Crippen LogP contribution in [0.15, 0.2) is 118 Å². The summed E-state index contributed by atoms with van der Waals surface area (Å²) in [6.45, 7) is 0. The summed E-state index contributed by atoms with van der Waals surface area (Å²) in [4.78, 5) is 35.3. The molecule has 0 bridgehead atoms. The molecule has 2 heterocycles. The van der Waals surface area contributed by atoms with E-state index in [0.717, 1.165) is 44.2 Å². The number of hydrogen-bond donors (Lipinski definition) is 1. The Balaban J connectivity index is 1.36. The normalized spacial score (nSPS) is 12.5. The van der Waals surface area contributed by atoms with E-state index >= 15 is 0 Å². The fourth-order valence-electron chi connectivity index (χ4n) is 4.35. The van der Waals surface area contributed by atoms with Gasteiger partial charge in [-0.15, -0.1) is 0 Å². The molecule has 6 rings (SSSR count). The number of nitro benzene ring substituents is 1. The number of benzene rings is 4. The van der Waals surface area contributed by atoms with Gasteiger partial charge in [-0.1, -0.05) is 66.4 Å². The van der Waals surface area contributed by atoms with Gasteiger partial charge in [0.15, 0.2) is 5.16 Å². The number of hydrogen-bond acceptors (Lipinski definition) is 9. The van der Waals surface area contributed by atoms with Crippen LogP contribution in [-0.2, 0) is 11.2 Å². The maximum Gasteiger partial charge on any atom is 0.270 e. The van der Waals surface area contributed by atoms with Crippen molar-refractivity contribution in [1.82, 2.24) is 9.97 Å². The molecule has 0 fully saturated rings. The Hall–Kier alpha value is -4.51. The molecule has 0 spiro atoms. The van der Waals surface area contributed by atoms with Gasteiger partial charge in [-0.2, -0.15) is 0 Å². The Morgan fingerprint density at radius 1 is 0.854 bits per heavy atom. The molecule has 1 atom stereocenters. The third-order valence-electron chi connectivity index (χ3n) is 6.38. The monoisotopic (exact) mass is 578 g/mol. The fraction of sp³-hybridized carbons (Fsp3) is 0.0645. The van der Waals surface area contributed by atoms with Gasteiger partial charge in [-0.3, -0.25) is 14.9 Å². The summed E-state index contributed by atoms with van der Waals surface area (Å²) in [6, 6.07) is 30.4. The first kappa shape index (κ1) is 26.7. The molecule has 1 unspecified atom stereocenters. The molecule has 1 aromatic heterocycles. The SMILES string of the molecule is NC(Cc1ccccc1)C(=O)Sc1nc(-c2cccc([N+](=O)[O-])c2)cc(-c2ccc3c(c2)Sc2ccccc2O3)n1. The van der Waals surface area contributed by atoms with Crippen molar-refractivity contribution in [2.75, 3.05) is 0 Å². The lowest BCUT2D eigenvalue weighted by atomic mass is 10.1. The lowest BCUT2D eigenvalue weighted by molar-refractivity contribution is -0.384. The molecule has 10 heteroatoms. The molecule has 1 aliphatic rings. The number of ether oxygens (including phenoxy) is 1. The highest BCUT2D eigenvalue weighted by Crippen LogP contribution is 2.48. The molecule has 0 radical (unpaired) electrons. The molecule has 0 saturated heterocycles. The van der Waals surface area contributed by atoms with E-state index in [1.54, 1.807) is 30.0 Å². The number of rotatable bonds is 7. The average Bonchev–Trinajstić information content (AvgIpc) is 3.00. The van der Waals surface area contributed by atoms with Crippen LogP contribution >= 0.6 is 23.5 Å². The first-order valence-corrected chi connectivity index (χ1v) is 14.3. The molecular formula is C31H22N4O4S2. The lowest BCUT2D eigenvalue weighted by Crippen LogP contribution is -2.30. The molecule has 0 saturated carbocycles. The Labute approximate surface area is 244 Å². The maximum atomic E-state index is 13.1. The van der Waals surface area contributed by atoms with Crippen molar-refractivity contribution in [1.29, 1.82) is 0 Å². The highest BCUT2D eigenvalue weighted by Gasteiger charge is 2.21. The van der Waals surface area contributed by atoms with E-state index in [0.29, 0.717) is 23.4 Å². The number of thioether (sulfide) groups is 1. The van der Waals surface area contributed by atoms with Crippen molar-refractivity contribution in [2.45, 2.75) is 27.4 Å². The number of para-hydroxylation sites is 1. The Morgan fingerprint density at radius 2 is 1.56 bits per heavy atom. The van der Waals surface area contributed by atoms with Crippen molar-refractivity contribution in [3.8, 4) is 34.0 Å². The largest absolute Gasteiger partial charge is 0.455 e. The second-order valence-corrected chi connectivity index (χ2v) is 11.3. The fourth-order valence-corrected chi connectivity index (χ4v) is 6.04. The van der Waals surface area contributed by atoms with E-state index in [1.807, 2.05) is 72.8 Å². The first-order chi connectivity index (χ1) is 19.9. The summed E-state index contributed by atoms with van der Waals surface area (Å²) in [5, 5.41) is 11.4. The minimum atomic E-state index is -0.756. The van der Waals surface area contributed by atoms with Crippen LogP contribution in [0.25, 0.3) is 22.5 Å². The zero-order chi connectivity index (χ0) is 28.3. The number of nitrogens with zero attached hydrogens (tertiary/aromatic N) is 3. The molecule has 0 amide bonds. The quantitative estimate of drug-likeness (QED) is 0.0909. The highest BCUT2D eigenvalue weighted by molar-refractivity contribution is 8.13. The summed E-state index contributed by atoms with van der Waals surface area (Å²) in [5.41, 5.74) is 9.49. The van der Waals surface area contributed by atoms with Gasteiger partial charge >= 0.3 is 0 Å². The van der Waals surface area contributed by atoms with Crippen LogP contribution in [0.4, 0.5) is 5.69 Å². The molecule has 4 aromatic carbocycles. The molecule has 41 heavy (non-hydrogen) atoms. The number of carbonyl (C=O) groups is 1. The predicted molar refractivity (Wildman–Crippen MR) is 159 cm³/mol. The Kier molecular flexibility index (Phi) is 7.51. The number of aromatic nitrogens is 2. The highest BCUT2D eigenvalue weighted by atomic mass is 32.2. The minimum Gasteiger partial charge on any atom is -0.455 e. The second-order valence-electron chi connectivity index (χ2n) is 9.26. The van der Waals surface area contributed by atoms with Crippen LogP contribution in [0, 0.1) is 10.1 Å². The Morgan fingerprint density at radius 3 is 2.34 bits per heavy atom. The van der Waals surface area contributed by atoms with Crippen molar-refractivity contribution >= 4 is 34.3 Å². The van der Waals surface area contributed by atoms with Crippen molar-refractivity contribution in [3.05, 3.63) is 119 Å². The van der Waals surface area contributed by atoms with Crippen LogP contribution in [0.5, 0.6) is 11.5 Å². The minimum absolute atomic E-state index is 0.0566. The van der Waals surface area contributed by atoms with Gasteiger partial charge in [-0.25, -0.2) is 9.97 Å². The van der Waals surface area contributed by atoms with Crippen LogP contribution in [0.2, 0.25) is 0 Å². The van der Waals surface area contributed by atoms with E-state index < -0.39 is 11.0 Å². The third-order valence-corrected chi connectivity index (χ3v) is 8.35. The van der Waals surface area contributed by atoms with Crippen LogP contribution in [-0.4, -0.2) is 26.0 Å². The smallest absolute Gasteiger partial charge is 0.270 e. The molecule has 202 valence electrons. The predicted octanol–water partition coefficient (Wildman–Crippen LogP) is 7.16. The van der Waals surface area contributed by atoms with E-state index in [9.17, 15) is 14.9 Å². The number of fused-ring (bicyclic) bond motifs is 2. The van der Waals surface area contributed by atoms with Gasteiger partial charge < -0.3 is 10.5 Å². The van der Waals surface area contributed by atoms with Gasteiger partial charge in [0.25, 0.3) is 5.69 Å². The van der Waals surface area contributed by atoms with E-state index in [1.165, 1.54) is 12.1 Å². The van der Waals surface area contributed by atoms with Gasteiger partial charge in [-0.05, 0) is 60.1 Å².